The van der Waals surface area contributed by atoms with Gasteiger partial charge in [0.25, 0.3) is 5.91 Å². The molecule has 0 aromatic carbocycles. The van der Waals surface area contributed by atoms with Crippen LogP contribution in [0.5, 0.6) is 0 Å². The second-order valence-electron chi connectivity index (χ2n) is 3.72. The first kappa shape index (κ1) is 17.4. The van der Waals surface area contributed by atoms with Crippen LogP contribution in [0.1, 0.15) is 0 Å². The Labute approximate surface area is 124 Å². The summed E-state index contributed by atoms with van der Waals surface area (Å²) >= 11 is 0. The third-order valence-electron chi connectivity index (χ3n) is 2.55. The molecule has 102 valence electrons. The molecule has 19 heavy (non-hydrogen) atoms. The number of carbonyl (C=O) groups is 1. The van der Waals surface area contributed by atoms with E-state index in [2.05, 4.69) is 10.3 Å². The molecule has 4 nitrogen and oxygen atoms in total. The Hall–Kier alpha value is -1.65. The van der Waals surface area contributed by atoms with Gasteiger partial charge in [0.05, 0.1) is 0 Å². The lowest BCUT2D eigenvalue weighted by Gasteiger charge is -1.99. The minimum atomic E-state index is -0.00272. The van der Waals surface area contributed by atoms with Crippen LogP contribution in [0.4, 0.5) is 0 Å². The van der Waals surface area contributed by atoms with Gasteiger partial charge in [-0.3, -0.25) is 4.79 Å². The molecule has 0 bridgehead atoms. The summed E-state index contributed by atoms with van der Waals surface area (Å²) in [7, 11) is 1.64. The maximum absolute atomic E-state index is 11.2. The maximum Gasteiger partial charge on any atom is 0.285 e. The fourth-order valence-electron chi connectivity index (χ4n) is 1.58. The summed E-state index contributed by atoms with van der Waals surface area (Å²) in [5.74, 6) is -0.00272. The van der Waals surface area contributed by atoms with Crippen LogP contribution in [0.15, 0.2) is 49.1 Å². The van der Waals surface area contributed by atoms with Gasteiger partial charge in [0.15, 0.2) is 24.8 Å². The monoisotopic (exact) mass is 299 g/mol. The first-order valence-electron chi connectivity index (χ1n) is 5.46. The minimum absolute atomic E-state index is 0. The second-order valence-corrected chi connectivity index (χ2v) is 3.72. The number of nitrogens with one attached hydrogen (secondary N) is 2. The maximum atomic E-state index is 11.2. The molecule has 6 heteroatoms. The molecule has 2 rings (SSSR count). The van der Waals surface area contributed by atoms with E-state index in [4.69, 9.17) is 0 Å². The molecule has 2 aromatic heterocycles. The van der Waals surface area contributed by atoms with E-state index >= 15 is 0 Å². The van der Waals surface area contributed by atoms with E-state index < -0.39 is 0 Å². The fraction of sp³-hybridized carbons (Fsp3) is 0.154. The van der Waals surface area contributed by atoms with Crippen molar-refractivity contribution in [2.24, 2.45) is 0 Å². The molecule has 0 spiro atoms. The van der Waals surface area contributed by atoms with Crippen LogP contribution in [0.25, 0.3) is 11.1 Å². The van der Waals surface area contributed by atoms with Crippen molar-refractivity contribution in [2.75, 3.05) is 7.05 Å². The highest BCUT2D eigenvalue weighted by Crippen LogP contribution is 2.14. The third kappa shape index (κ3) is 4.85. The third-order valence-corrected chi connectivity index (χ3v) is 2.55. The van der Waals surface area contributed by atoms with E-state index in [1.54, 1.807) is 7.05 Å². The molecule has 1 amide bonds. The van der Waals surface area contributed by atoms with Gasteiger partial charge in [-0.15, -0.1) is 0 Å². The number of H-pyrrole nitrogens is 1. The van der Waals surface area contributed by atoms with Gasteiger partial charge in [0, 0.05) is 31.3 Å². The minimum Gasteiger partial charge on any atom is -1.00 e. The van der Waals surface area contributed by atoms with Crippen molar-refractivity contribution in [2.45, 2.75) is 6.54 Å². The van der Waals surface area contributed by atoms with Gasteiger partial charge >= 0.3 is 0 Å². The molecule has 2 N–H and O–H groups in total. The molecule has 0 saturated heterocycles. The van der Waals surface area contributed by atoms with Gasteiger partial charge in [-0.1, -0.05) is 0 Å². The number of amides is 1. The first-order chi connectivity index (χ1) is 8.29. The number of halogens is 2. The second kappa shape index (κ2) is 8.45. The standard InChI is InChI=1S/C13H13N3O.2ClH/c1-14-13(17)10-16-8-4-12(5-9-16)11-2-6-15-7-3-11;;/h2-9H,10H2,1H3;2*1H. The molecule has 2 heterocycles. The highest BCUT2D eigenvalue weighted by atomic mass is 35.5. The number of carbonyl (C=O) groups excluding carboxylic acids is 1. The molecule has 0 aliphatic carbocycles. The van der Waals surface area contributed by atoms with Crippen molar-refractivity contribution < 1.29 is 39.2 Å². The van der Waals surface area contributed by atoms with E-state index in [0.29, 0.717) is 6.54 Å². The van der Waals surface area contributed by atoms with Gasteiger partial charge in [-0.25, -0.2) is 4.98 Å². The molecular formula is C13H15Cl2N3O. The Balaban J connectivity index is 0.00000162. The Morgan fingerprint density at radius 1 is 1.11 bits per heavy atom. The number of hydrogen-bond acceptors (Lipinski definition) is 1. The summed E-state index contributed by atoms with van der Waals surface area (Å²) in [6.07, 6.45) is 7.59. The molecular weight excluding hydrogens is 285 g/mol. The lowest BCUT2D eigenvalue weighted by atomic mass is 10.1. The molecule has 0 atom stereocenters. The molecule has 2 aromatic rings. The normalized spacial score (nSPS) is 8.89. The average Bonchev–Trinajstić information content (AvgIpc) is 2.40. The molecule has 0 aliphatic heterocycles. The lowest BCUT2D eigenvalue weighted by molar-refractivity contribution is -0.684. The highest BCUT2D eigenvalue weighted by molar-refractivity contribution is 5.73. The Morgan fingerprint density at radius 2 is 1.63 bits per heavy atom. The van der Waals surface area contributed by atoms with E-state index in [1.807, 2.05) is 53.6 Å². The number of nitrogens with zero attached hydrogens (tertiary/aromatic N) is 1. The highest BCUT2D eigenvalue weighted by Gasteiger charge is 2.07. The van der Waals surface area contributed by atoms with Crippen LogP contribution in [-0.4, -0.2) is 13.0 Å². The SMILES string of the molecule is CNC(=O)C[n+]1ccc(-c2cc[nH+]cc2)cc1.[Cl-].[Cl-]. The van der Waals surface area contributed by atoms with E-state index in [-0.39, 0.29) is 30.7 Å². The fourth-order valence-corrected chi connectivity index (χ4v) is 1.58. The van der Waals surface area contributed by atoms with E-state index in [9.17, 15) is 4.79 Å². The molecule has 0 saturated carbocycles. The van der Waals surface area contributed by atoms with Crippen molar-refractivity contribution in [3.05, 3.63) is 49.1 Å². The zero-order valence-corrected chi connectivity index (χ0v) is 11.9. The topological polar surface area (TPSA) is 47.1 Å². The summed E-state index contributed by atoms with van der Waals surface area (Å²) in [5, 5.41) is 2.60. The number of hydrogen-bond donors (Lipinski definition) is 1. The van der Waals surface area contributed by atoms with Crippen molar-refractivity contribution in [1.29, 1.82) is 0 Å². The molecule has 0 fully saturated rings. The lowest BCUT2D eigenvalue weighted by Crippen LogP contribution is -3.00. The Bertz CT molecular complexity index is 503. The van der Waals surface area contributed by atoms with Crippen molar-refractivity contribution in [1.82, 2.24) is 5.32 Å². The average molecular weight is 300 g/mol. The quantitative estimate of drug-likeness (QED) is 0.564. The van der Waals surface area contributed by atoms with Crippen LogP contribution in [-0.2, 0) is 11.3 Å². The van der Waals surface area contributed by atoms with Gasteiger partial charge in [0.2, 0.25) is 6.54 Å². The summed E-state index contributed by atoms with van der Waals surface area (Å²) in [6, 6.07) is 8.02. The van der Waals surface area contributed by atoms with Crippen LogP contribution >= 0.6 is 0 Å². The van der Waals surface area contributed by atoms with Crippen LogP contribution in [0.2, 0.25) is 0 Å². The van der Waals surface area contributed by atoms with Gasteiger partial charge in [0.1, 0.15) is 0 Å². The van der Waals surface area contributed by atoms with Crippen LogP contribution in [0.3, 0.4) is 0 Å². The van der Waals surface area contributed by atoms with Crippen molar-refractivity contribution in [3.8, 4) is 11.1 Å². The van der Waals surface area contributed by atoms with E-state index in [0.717, 1.165) is 11.1 Å². The van der Waals surface area contributed by atoms with Gasteiger partial charge in [-0.2, -0.15) is 4.57 Å². The first-order valence-corrected chi connectivity index (χ1v) is 5.46. The summed E-state index contributed by atoms with van der Waals surface area (Å²) in [5.41, 5.74) is 2.28. The number of pyridine rings is 2. The number of likely N-dealkylation sites (N-methyl/N-ethyl adjacent to an activating group) is 1. The largest absolute Gasteiger partial charge is 1.00 e. The van der Waals surface area contributed by atoms with Gasteiger partial charge < -0.3 is 30.1 Å². The number of aromatic nitrogens is 2. The van der Waals surface area contributed by atoms with Crippen LogP contribution in [0, 0.1) is 0 Å². The predicted octanol–water partition coefficient (Wildman–Crippen LogP) is -5.79. The zero-order valence-electron chi connectivity index (χ0n) is 10.4. The molecule has 0 radical (unpaired) electrons. The summed E-state index contributed by atoms with van der Waals surface area (Å²) in [6.45, 7) is 0.347. The zero-order chi connectivity index (χ0) is 12.1. The Kier molecular flexibility index (Phi) is 7.72. The Morgan fingerprint density at radius 3 is 2.16 bits per heavy atom. The van der Waals surface area contributed by atoms with E-state index in [1.165, 1.54) is 0 Å². The number of rotatable bonds is 3. The predicted molar refractivity (Wildman–Crippen MR) is 62.7 cm³/mol. The van der Waals surface area contributed by atoms with Gasteiger partial charge in [-0.05, 0) is 11.1 Å². The van der Waals surface area contributed by atoms with Crippen molar-refractivity contribution >= 4 is 5.91 Å². The number of aromatic amines is 1. The van der Waals surface area contributed by atoms with Crippen molar-refractivity contribution in [3.63, 3.8) is 0 Å². The summed E-state index contributed by atoms with van der Waals surface area (Å²) < 4.78 is 1.84. The molecule has 0 unspecified atom stereocenters. The van der Waals surface area contributed by atoms with Crippen LogP contribution < -0.4 is 39.7 Å². The summed E-state index contributed by atoms with van der Waals surface area (Å²) in [4.78, 5) is 14.2. The smallest absolute Gasteiger partial charge is 0.285 e. The molecule has 0 aliphatic rings.